The van der Waals surface area contributed by atoms with Gasteiger partial charge in [-0.1, -0.05) is 25.1 Å². The summed E-state index contributed by atoms with van der Waals surface area (Å²) in [7, 11) is -0.331. The maximum absolute atomic E-state index is 13.2. The predicted octanol–water partition coefficient (Wildman–Crippen LogP) is 1.59. The molecule has 6 nitrogen and oxygen atoms in total. The molecule has 138 valence electrons. The molecule has 3 fully saturated rings. The van der Waals surface area contributed by atoms with Gasteiger partial charge in [-0.05, 0) is 36.8 Å². The number of fused-ring (bicyclic) bond motifs is 4. The number of piperidine rings is 1. The lowest BCUT2D eigenvalue weighted by Crippen LogP contribution is -2.48. The van der Waals surface area contributed by atoms with Crippen molar-refractivity contribution >= 4 is 16.1 Å². The molecule has 3 aliphatic heterocycles. The zero-order chi connectivity index (χ0) is 18.2. The summed E-state index contributed by atoms with van der Waals surface area (Å²) in [5.74, 6) is 0.238. The summed E-state index contributed by atoms with van der Waals surface area (Å²) >= 11 is 0. The smallest absolute Gasteiger partial charge is 0.281 e. The number of benzene rings is 1. The summed E-state index contributed by atoms with van der Waals surface area (Å²) < 4.78 is 27.9. The lowest BCUT2D eigenvalue weighted by Gasteiger charge is -2.36. The summed E-state index contributed by atoms with van der Waals surface area (Å²) in [6.45, 7) is 3.57. The minimum atomic E-state index is -3.45. The molecular formula is C18H27N3O3S. The normalized spacial score (nSPS) is 24.6. The molecule has 0 saturated carbocycles. The van der Waals surface area contributed by atoms with Gasteiger partial charge in [0.1, 0.15) is 0 Å². The fourth-order valence-electron chi connectivity index (χ4n) is 3.90. The Hall–Kier alpha value is -1.44. The average Bonchev–Trinajstić information content (AvgIpc) is 2.93. The Labute approximate surface area is 150 Å². The predicted molar refractivity (Wildman–Crippen MR) is 97.5 cm³/mol. The lowest BCUT2D eigenvalue weighted by atomic mass is 9.93. The molecular weight excluding hydrogens is 338 g/mol. The van der Waals surface area contributed by atoms with Gasteiger partial charge < -0.3 is 4.90 Å². The highest BCUT2D eigenvalue weighted by molar-refractivity contribution is 7.86. The van der Waals surface area contributed by atoms with Crippen LogP contribution >= 0.6 is 0 Å². The van der Waals surface area contributed by atoms with Gasteiger partial charge in [-0.2, -0.15) is 17.0 Å². The Bertz CT molecular complexity index is 748. The van der Waals surface area contributed by atoms with E-state index < -0.39 is 10.2 Å². The second kappa shape index (κ2) is 7.05. The van der Waals surface area contributed by atoms with Crippen LogP contribution in [0.2, 0.25) is 0 Å². The fraction of sp³-hybridized carbons (Fsp3) is 0.611. The van der Waals surface area contributed by atoms with Gasteiger partial charge in [0.25, 0.3) is 16.1 Å². The van der Waals surface area contributed by atoms with Crippen LogP contribution in [0.25, 0.3) is 0 Å². The first-order valence-electron chi connectivity index (χ1n) is 8.91. The van der Waals surface area contributed by atoms with E-state index in [0.717, 1.165) is 30.4 Å². The molecule has 0 aromatic heterocycles. The van der Waals surface area contributed by atoms with Crippen molar-refractivity contribution in [1.29, 1.82) is 0 Å². The second-order valence-electron chi connectivity index (χ2n) is 7.17. The van der Waals surface area contributed by atoms with Gasteiger partial charge >= 0.3 is 0 Å². The highest BCUT2D eigenvalue weighted by Crippen LogP contribution is 2.31. The van der Waals surface area contributed by atoms with Crippen LogP contribution in [-0.4, -0.2) is 67.6 Å². The molecule has 0 unspecified atom stereocenters. The van der Waals surface area contributed by atoms with Crippen LogP contribution in [0.1, 0.15) is 35.7 Å². The van der Waals surface area contributed by atoms with E-state index in [2.05, 4.69) is 0 Å². The number of rotatable bonds is 4. The van der Waals surface area contributed by atoms with E-state index in [1.165, 1.54) is 4.31 Å². The molecule has 4 rings (SSSR count). The molecule has 2 bridgehead atoms. The molecule has 0 spiro atoms. The van der Waals surface area contributed by atoms with Gasteiger partial charge in [0, 0.05) is 45.3 Å². The van der Waals surface area contributed by atoms with E-state index in [1.54, 1.807) is 18.4 Å². The lowest BCUT2D eigenvalue weighted by molar-refractivity contribution is 0.0587. The van der Waals surface area contributed by atoms with Crippen molar-refractivity contribution < 1.29 is 13.2 Å². The van der Waals surface area contributed by atoms with Gasteiger partial charge in [0.05, 0.1) is 0 Å². The summed E-state index contributed by atoms with van der Waals surface area (Å²) in [6, 6.07) is 7.67. The molecule has 1 aromatic carbocycles. The monoisotopic (exact) mass is 365 g/mol. The molecule has 1 aromatic rings. The van der Waals surface area contributed by atoms with Crippen LogP contribution in [-0.2, 0) is 16.6 Å². The molecule has 3 aliphatic rings. The number of carbonyl (C=O) groups excluding carboxylic acids is 1. The van der Waals surface area contributed by atoms with E-state index >= 15 is 0 Å². The number of hydrogen-bond donors (Lipinski definition) is 0. The van der Waals surface area contributed by atoms with Gasteiger partial charge in [-0.15, -0.1) is 0 Å². The molecule has 2 atom stereocenters. The van der Waals surface area contributed by atoms with E-state index in [-0.39, 0.29) is 17.9 Å². The van der Waals surface area contributed by atoms with Gasteiger partial charge in [-0.3, -0.25) is 4.79 Å². The summed E-state index contributed by atoms with van der Waals surface area (Å²) in [6.07, 6.45) is 2.65. The minimum absolute atomic E-state index is 0.0382. The van der Waals surface area contributed by atoms with Crippen molar-refractivity contribution in [2.24, 2.45) is 5.92 Å². The molecule has 25 heavy (non-hydrogen) atoms. The first-order valence-corrected chi connectivity index (χ1v) is 10.3. The SMILES string of the molecule is CCc1ccccc1C(=O)N1C[C@@H]2CC[C@H]1CN(S(=O)(=O)N(C)C)C2. The maximum Gasteiger partial charge on any atom is 0.281 e. The maximum atomic E-state index is 13.2. The average molecular weight is 365 g/mol. The van der Waals surface area contributed by atoms with Crippen molar-refractivity contribution in [3.05, 3.63) is 35.4 Å². The van der Waals surface area contributed by atoms with E-state index in [4.69, 9.17) is 0 Å². The highest BCUT2D eigenvalue weighted by Gasteiger charge is 2.41. The molecule has 3 heterocycles. The molecule has 0 radical (unpaired) electrons. The van der Waals surface area contributed by atoms with Crippen molar-refractivity contribution in [2.75, 3.05) is 33.7 Å². The third-order valence-corrected chi connectivity index (χ3v) is 7.23. The molecule has 0 N–H and O–H groups in total. The third-order valence-electron chi connectivity index (χ3n) is 5.36. The van der Waals surface area contributed by atoms with Crippen molar-refractivity contribution in [2.45, 2.75) is 32.2 Å². The zero-order valence-electron chi connectivity index (χ0n) is 15.2. The fourth-order valence-corrected chi connectivity index (χ4v) is 5.12. The van der Waals surface area contributed by atoms with E-state index in [0.29, 0.717) is 19.6 Å². The van der Waals surface area contributed by atoms with Crippen molar-refractivity contribution in [1.82, 2.24) is 13.5 Å². The Balaban J connectivity index is 1.87. The molecule has 0 aliphatic carbocycles. The number of nitrogens with zero attached hydrogens (tertiary/aromatic N) is 3. The first-order chi connectivity index (χ1) is 11.8. The van der Waals surface area contributed by atoms with Gasteiger partial charge in [-0.25, -0.2) is 0 Å². The number of aryl methyl sites for hydroxylation is 1. The summed E-state index contributed by atoms with van der Waals surface area (Å²) in [4.78, 5) is 15.1. The summed E-state index contributed by atoms with van der Waals surface area (Å²) in [5.41, 5.74) is 1.80. The number of amides is 1. The van der Waals surface area contributed by atoms with E-state index in [1.807, 2.05) is 36.1 Å². The molecule has 7 heteroatoms. The summed E-state index contributed by atoms with van der Waals surface area (Å²) in [5, 5.41) is 0. The van der Waals surface area contributed by atoms with Crippen molar-refractivity contribution in [3.63, 3.8) is 0 Å². The Morgan fingerprint density at radius 1 is 1.16 bits per heavy atom. The highest BCUT2D eigenvalue weighted by atomic mass is 32.2. The van der Waals surface area contributed by atoms with Gasteiger partial charge in [0.15, 0.2) is 0 Å². The standard InChI is InChI=1S/C18H27N3O3S/c1-4-15-7-5-6-8-17(15)18(22)21-12-14-9-10-16(21)13-20(11-14)25(23,24)19(2)3/h5-8,14,16H,4,9-13H2,1-3H3/t14-,16+/m1/s1. The Morgan fingerprint density at radius 3 is 2.56 bits per heavy atom. The molecule has 3 saturated heterocycles. The second-order valence-corrected chi connectivity index (χ2v) is 9.31. The zero-order valence-corrected chi connectivity index (χ0v) is 16.0. The van der Waals surface area contributed by atoms with Crippen molar-refractivity contribution in [3.8, 4) is 0 Å². The Kier molecular flexibility index (Phi) is 5.18. The van der Waals surface area contributed by atoms with Crippen LogP contribution in [0.5, 0.6) is 0 Å². The number of carbonyl (C=O) groups is 1. The minimum Gasteiger partial charge on any atom is -0.334 e. The largest absolute Gasteiger partial charge is 0.334 e. The van der Waals surface area contributed by atoms with Crippen LogP contribution in [0, 0.1) is 5.92 Å². The van der Waals surface area contributed by atoms with Crippen LogP contribution in [0.4, 0.5) is 0 Å². The van der Waals surface area contributed by atoms with Gasteiger partial charge in [0.2, 0.25) is 0 Å². The Morgan fingerprint density at radius 2 is 1.88 bits per heavy atom. The third kappa shape index (κ3) is 3.45. The number of hydrogen-bond acceptors (Lipinski definition) is 3. The first kappa shape index (κ1) is 18.4. The van der Waals surface area contributed by atoms with Crippen LogP contribution < -0.4 is 0 Å². The van der Waals surface area contributed by atoms with Crippen LogP contribution in [0.15, 0.2) is 24.3 Å². The molecule has 1 amide bonds. The van der Waals surface area contributed by atoms with Crippen LogP contribution in [0.3, 0.4) is 0 Å². The van der Waals surface area contributed by atoms with E-state index in [9.17, 15) is 13.2 Å². The quantitative estimate of drug-likeness (QED) is 0.814. The topological polar surface area (TPSA) is 60.9 Å².